The Bertz CT molecular complexity index is 1170. The second-order valence-electron chi connectivity index (χ2n) is 8.21. The molecule has 2 aliphatic rings. The van der Waals surface area contributed by atoms with Gasteiger partial charge in [0.15, 0.2) is 0 Å². The highest BCUT2D eigenvalue weighted by molar-refractivity contribution is 6.22. The van der Waals surface area contributed by atoms with Crippen molar-refractivity contribution in [1.82, 2.24) is 4.90 Å². The molecule has 3 amide bonds. The number of carbonyl (C=O) groups excluding carboxylic acids is 3. The molecule has 0 aliphatic carbocycles. The Morgan fingerprint density at radius 2 is 1.47 bits per heavy atom. The van der Waals surface area contributed by atoms with Gasteiger partial charge in [0.05, 0.1) is 17.2 Å². The fraction of sp³-hybridized carbons (Fsp3) is 0.192. The van der Waals surface area contributed by atoms with Crippen molar-refractivity contribution in [2.45, 2.75) is 25.4 Å². The van der Waals surface area contributed by atoms with Gasteiger partial charge in [-0.1, -0.05) is 48.5 Å². The van der Waals surface area contributed by atoms with Gasteiger partial charge < -0.3 is 10.2 Å². The van der Waals surface area contributed by atoms with Gasteiger partial charge in [-0.15, -0.1) is 0 Å². The van der Waals surface area contributed by atoms with Crippen LogP contribution in [0.2, 0.25) is 0 Å². The maximum Gasteiger partial charge on any atom is 0.262 e. The smallest absolute Gasteiger partial charge is 0.262 e. The molecule has 0 bridgehead atoms. The predicted octanol–water partition coefficient (Wildman–Crippen LogP) is 4.26. The van der Waals surface area contributed by atoms with E-state index in [9.17, 15) is 14.4 Å². The van der Waals surface area contributed by atoms with Crippen molar-refractivity contribution in [3.63, 3.8) is 0 Å². The molecule has 2 aliphatic heterocycles. The summed E-state index contributed by atoms with van der Waals surface area (Å²) < 4.78 is 0. The van der Waals surface area contributed by atoms with Crippen LogP contribution in [0.4, 0.5) is 11.4 Å². The summed E-state index contributed by atoms with van der Waals surface area (Å²) in [5.41, 5.74) is 3.55. The molecule has 0 fully saturated rings. The SMILES string of the molecule is C[C@H]1C[C@H](Nc2ccccc2)c2ccccc2N1C(=O)CN1C(=O)c2ccccc2C1=O. The van der Waals surface area contributed by atoms with Gasteiger partial charge in [-0.2, -0.15) is 0 Å². The fourth-order valence-corrected chi connectivity index (χ4v) is 4.66. The third kappa shape index (κ3) is 3.34. The van der Waals surface area contributed by atoms with Crippen molar-refractivity contribution in [3.8, 4) is 0 Å². The molecule has 0 spiro atoms. The van der Waals surface area contributed by atoms with E-state index in [0.717, 1.165) is 21.8 Å². The number of benzene rings is 3. The molecule has 3 aromatic carbocycles. The van der Waals surface area contributed by atoms with Gasteiger partial charge in [0.1, 0.15) is 6.54 Å². The molecule has 6 nitrogen and oxygen atoms in total. The number of anilines is 2. The molecular weight excluding hydrogens is 402 g/mol. The number of para-hydroxylation sites is 2. The van der Waals surface area contributed by atoms with Crippen LogP contribution in [0.1, 0.15) is 45.7 Å². The topological polar surface area (TPSA) is 69.7 Å². The number of amides is 3. The molecule has 0 saturated carbocycles. The van der Waals surface area contributed by atoms with E-state index >= 15 is 0 Å². The van der Waals surface area contributed by atoms with Crippen molar-refractivity contribution in [2.75, 3.05) is 16.8 Å². The first-order chi connectivity index (χ1) is 15.5. The van der Waals surface area contributed by atoms with E-state index in [2.05, 4.69) is 5.32 Å². The summed E-state index contributed by atoms with van der Waals surface area (Å²) in [4.78, 5) is 41.6. The van der Waals surface area contributed by atoms with Gasteiger partial charge in [0.2, 0.25) is 5.91 Å². The second kappa shape index (κ2) is 7.96. The van der Waals surface area contributed by atoms with Gasteiger partial charge in [-0.3, -0.25) is 19.3 Å². The lowest BCUT2D eigenvalue weighted by Gasteiger charge is -2.40. The Hall–Kier alpha value is -3.93. The molecule has 160 valence electrons. The Balaban J connectivity index is 1.41. The zero-order valence-corrected chi connectivity index (χ0v) is 17.7. The van der Waals surface area contributed by atoms with Gasteiger partial charge in [0.25, 0.3) is 11.8 Å². The van der Waals surface area contributed by atoms with Crippen LogP contribution in [0.3, 0.4) is 0 Å². The van der Waals surface area contributed by atoms with E-state index in [1.165, 1.54) is 0 Å². The zero-order valence-electron chi connectivity index (χ0n) is 17.7. The van der Waals surface area contributed by atoms with E-state index in [4.69, 9.17) is 0 Å². The zero-order chi connectivity index (χ0) is 22.2. The molecule has 5 rings (SSSR count). The normalized spacial score (nSPS) is 19.5. The number of nitrogens with one attached hydrogen (secondary N) is 1. The minimum atomic E-state index is -0.416. The van der Waals surface area contributed by atoms with Crippen molar-refractivity contribution in [1.29, 1.82) is 0 Å². The number of carbonyl (C=O) groups is 3. The number of hydrogen-bond acceptors (Lipinski definition) is 4. The third-order valence-corrected chi connectivity index (χ3v) is 6.14. The minimum Gasteiger partial charge on any atom is -0.378 e. The van der Waals surface area contributed by atoms with Gasteiger partial charge in [-0.25, -0.2) is 0 Å². The average Bonchev–Trinajstić information content (AvgIpc) is 3.05. The van der Waals surface area contributed by atoms with Crippen molar-refractivity contribution < 1.29 is 14.4 Å². The van der Waals surface area contributed by atoms with Crippen LogP contribution in [0.15, 0.2) is 78.9 Å². The van der Waals surface area contributed by atoms with Crippen LogP contribution in [0.5, 0.6) is 0 Å². The first kappa shape index (κ1) is 20.0. The monoisotopic (exact) mass is 425 g/mol. The van der Waals surface area contributed by atoms with Crippen molar-refractivity contribution in [2.24, 2.45) is 0 Å². The summed E-state index contributed by atoms with van der Waals surface area (Å²) in [7, 11) is 0. The molecule has 6 heteroatoms. The van der Waals surface area contributed by atoms with Gasteiger partial charge in [0, 0.05) is 17.4 Å². The highest BCUT2D eigenvalue weighted by Gasteiger charge is 2.39. The first-order valence-electron chi connectivity index (χ1n) is 10.7. The average molecular weight is 425 g/mol. The summed E-state index contributed by atoms with van der Waals surface area (Å²) in [6.07, 6.45) is 0.708. The molecule has 0 aromatic heterocycles. The van der Waals surface area contributed by atoms with Crippen molar-refractivity contribution >= 4 is 29.1 Å². The van der Waals surface area contributed by atoms with Gasteiger partial charge >= 0.3 is 0 Å². The minimum absolute atomic E-state index is 0.0481. The number of imide groups is 1. The van der Waals surface area contributed by atoms with Crippen LogP contribution in [0.25, 0.3) is 0 Å². The van der Waals surface area contributed by atoms with E-state index in [-0.39, 0.29) is 24.5 Å². The Morgan fingerprint density at radius 1 is 0.875 bits per heavy atom. The van der Waals surface area contributed by atoms with Crippen LogP contribution in [-0.4, -0.2) is 35.2 Å². The highest BCUT2D eigenvalue weighted by atomic mass is 16.2. The Labute approximate surface area is 186 Å². The standard InChI is InChI=1S/C26H23N3O3/c1-17-15-22(27-18-9-3-2-4-10-18)21-13-7-8-14-23(21)29(17)24(30)16-28-25(31)19-11-5-6-12-20(19)26(28)32/h2-14,17,22,27H,15-16H2,1H3/t17-,22-/m0/s1. The van der Waals surface area contributed by atoms with Crippen LogP contribution >= 0.6 is 0 Å². The van der Waals surface area contributed by atoms with E-state index in [1.54, 1.807) is 29.2 Å². The number of rotatable bonds is 4. The van der Waals surface area contributed by atoms with Crippen LogP contribution in [0, 0.1) is 0 Å². The molecule has 2 heterocycles. The second-order valence-corrected chi connectivity index (χ2v) is 8.21. The summed E-state index contributed by atoms with van der Waals surface area (Å²) >= 11 is 0. The van der Waals surface area contributed by atoms with Crippen LogP contribution < -0.4 is 10.2 Å². The quantitative estimate of drug-likeness (QED) is 0.634. The number of fused-ring (bicyclic) bond motifs is 2. The van der Waals surface area contributed by atoms with Crippen LogP contribution in [-0.2, 0) is 4.79 Å². The summed E-state index contributed by atoms with van der Waals surface area (Å²) in [5, 5.41) is 3.57. The molecule has 2 atom stereocenters. The summed E-state index contributed by atoms with van der Waals surface area (Å²) in [6.45, 7) is 1.72. The summed E-state index contributed by atoms with van der Waals surface area (Å²) in [6, 6.07) is 24.4. The Kier molecular flexibility index (Phi) is 4.98. The third-order valence-electron chi connectivity index (χ3n) is 6.14. The lowest BCUT2D eigenvalue weighted by Crippen LogP contribution is -2.49. The van der Waals surface area contributed by atoms with E-state index in [1.807, 2.05) is 61.5 Å². The predicted molar refractivity (Wildman–Crippen MR) is 123 cm³/mol. The number of hydrogen-bond donors (Lipinski definition) is 1. The molecule has 0 radical (unpaired) electrons. The lowest BCUT2D eigenvalue weighted by molar-refractivity contribution is -0.119. The molecule has 1 N–H and O–H groups in total. The highest BCUT2D eigenvalue weighted by Crippen LogP contribution is 2.39. The van der Waals surface area contributed by atoms with E-state index < -0.39 is 11.8 Å². The van der Waals surface area contributed by atoms with E-state index in [0.29, 0.717) is 17.5 Å². The lowest BCUT2D eigenvalue weighted by atomic mass is 9.91. The fourth-order valence-electron chi connectivity index (χ4n) is 4.66. The molecule has 0 saturated heterocycles. The maximum absolute atomic E-state index is 13.4. The van der Waals surface area contributed by atoms with Gasteiger partial charge in [-0.05, 0) is 49.2 Å². The molecule has 32 heavy (non-hydrogen) atoms. The first-order valence-corrected chi connectivity index (χ1v) is 10.7. The molecule has 0 unspecified atom stereocenters. The maximum atomic E-state index is 13.4. The molecular formula is C26H23N3O3. The largest absolute Gasteiger partial charge is 0.378 e. The van der Waals surface area contributed by atoms with Crippen molar-refractivity contribution in [3.05, 3.63) is 95.6 Å². The summed E-state index contributed by atoms with van der Waals surface area (Å²) in [5.74, 6) is -1.10. The number of nitrogens with zero attached hydrogens (tertiary/aromatic N) is 2. The Morgan fingerprint density at radius 3 is 2.16 bits per heavy atom. The molecule has 3 aromatic rings.